The van der Waals surface area contributed by atoms with Gasteiger partial charge in [0, 0.05) is 44.1 Å². The van der Waals surface area contributed by atoms with Gasteiger partial charge in [-0.25, -0.2) is 4.98 Å². The Morgan fingerprint density at radius 3 is 2.90 bits per heavy atom. The number of nitrogens with one attached hydrogen (secondary N) is 1. The van der Waals surface area contributed by atoms with Gasteiger partial charge in [0.15, 0.2) is 0 Å². The van der Waals surface area contributed by atoms with Crippen LogP contribution < -0.4 is 5.32 Å². The molecule has 0 aromatic carbocycles. The topological polar surface area (TPSA) is 64.7 Å². The van der Waals surface area contributed by atoms with Crippen molar-refractivity contribution in [3.63, 3.8) is 0 Å². The lowest BCUT2D eigenvalue weighted by Gasteiger charge is -2.10. The van der Waals surface area contributed by atoms with Crippen molar-refractivity contribution in [1.29, 1.82) is 0 Å². The Bertz CT molecular complexity index is 623. The quantitative estimate of drug-likeness (QED) is 0.891. The summed E-state index contributed by atoms with van der Waals surface area (Å²) in [6.45, 7) is 3.43. The molecule has 2 heterocycles. The highest BCUT2D eigenvalue weighted by Gasteiger charge is 2.28. The minimum absolute atomic E-state index is 0.0798. The molecule has 1 amide bonds. The van der Waals surface area contributed by atoms with E-state index in [1.165, 1.54) is 12.8 Å². The maximum absolute atomic E-state index is 11.9. The van der Waals surface area contributed by atoms with Crippen LogP contribution in [0.15, 0.2) is 18.6 Å². The number of nitrogens with zero attached hydrogens (tertiary/aromatic N) is 4. The molecule has 0 spiro atoms. The molecule has 0 aliphatic heterocycles. The van der Waals surface area contributed by atoms with E-state index in [-0.39, 0.29) is 5.91 Å². The molecule has 6 heteroatoms. The fourth-order valence-electron chi connectivity index (χ4n) is 2.36. The minimum Gasteiger partial charge on any atom is -0.350 e. The van der Waals surface area contributed by atoms with Gasteiger partial charge in [-0.1, -0.05) is 0 Å². The first kappa shape index (κ1) is 12.9. The molecule has 1 fully saturated rings. The summed E-state index contributed by atoms with van der Waals surface area (Å²) in [5, 5.41) is 6.92. The summed E-state index contributed by atoms with van der Waals surface area (Å²) in [4.78, 5) is 16.4. The molecule has 0 unspecified atom stereocenters. The third kappa shape index (κ3) is 2.59. The molecule has 6 nitrogen and oxygen atoms in total. The largest absolute Gasteiger partial charge is 0.350 e. The number of imidazole rings is 1. The Balaban J connectivity index is 1.57. The van der Waals surface area contributed by atoms with Gasteiger partial charge in [0.05, 0.1) is 11.8 Å². The van der Waals surface area contributed by atoms with Gasteiger partial charge in [0.25, 0.3) is 5.91 Å². The van der Waals surface area contributed by atoms with E-state index < -0.39 is 0 Å². The van der Waals surface area contributed by atoms with E-state index >= 15 is 0 Å². The zero-order valence-corrected chi connectivity index (χ0v) is 11.8. The number of aromatic nitrogens is 4. The van der Waals surface area contributed by atoms with Gasteiger partial charge in [0.1, 0.15) is 5.82 Å². The first-order valence-electron chi connectivity index (χ1n) is 6.94. The zero-order valence-electron chi connectivity index (χ0n) is 11.8. The van der Waals surface area contributed by atoms with E-state index in [0.717, 1.165) is 18.1 Å². The SMILES string of the molecule is Cc1cnc(C2CC2)n1CCNC(=O)c1cnn(C)c1. The Labute approximate surface area is 117 Å². The number of carbonyl (C=O) groups is 1. The van der Waals surface area contributed by atoms with Gasteiger partial charge in [-0.3, -0.25) is 9.48 Å². The summed E-state index contributed by atoms with van der Waals surface area (Å²) in [6.07, 6.45) is 7.68. The van der Waals surface area contributed by atoms with Crippen LogP contribution in [0, 0.1) is 6.92 Å². The fraction of sp³-hybridized carbons (Fsp3) is 0.500. The lowest BCUT2D eigenvalue weighted by atomic mass is 10.3. The van der Waals surface area contributed by atoms with E-state index in [9.17, 15) is 4.79 Å². The van der Waals surface area contributed by atoms with E-state index in [1.807, 2.05) is 6.20 Å². The van der Waals surface area contributed by atoms with Crippen molar-refractivity contribution in [2.45, 2.75) is 32.2 Å². The van der Waals surface area contributed by atoms with Gasteiger partial charge >= 0.3 is 0 Å². The Morgan fingerprint density at radius 2 is 2.25 bits per heavy atom. The third-order valence-electron chi connectivity index (χ3n) is 3.62. The average Bonchev–Trinajstić information content (AvgIpc) is 3.07. The van der Waals surface area contributed by atoms with Gasteiger partial charge in [0.2, 0.25) is 0 Å². The van der Waals surface area contributed by atoms with Crippen LogP contribution in [-0.2, 0) is 13.6 Å². The highest BCUT2D eigenvalue weighted by Crippen LogP contribution is 2.39. The molecule has 2 aromatic rings. The molecule has 1 saturated carbocycles. The van der Waals surface area contributed by atoms with Gasteiger partial charge < -0.3 is 9.88 Å². The Hall–Kier alpha value is -2.11. The molecule has 1 aliphatic carbocycles. The second-order valence-corrected chi connectivity index (χ2v) is 5.34. The average molecular weight is 273 g/mol. The van der Waals surface area contributed by atoms with Crippen molar-refractivity contribution >= 4 is 5.91 Å². The van der Waals surface area contributed by atoms with Crippen LogP contribution >= 0.6 is 0 Å². The number of hydrogen-bond acceptors (Lipinski definition) is 3. The predicted octanol–water partition coefficient (Wildman–Crippen LogP) is 1.23. The summed E-state index contributed by atoms with van der Waals surface area (Å²) in [7, 11) is 1.80. The highest BCUT2D eigenvalue weighted by atomic mass is 16.1. The number of rotatable bonds is 5. The first-order chi connectivity index (χ1) is 9.65. The molecular weight excluding hydrogens is 254 g/mol. The smallest absolute Gasteiger partial charge is 0.254 e. The standard InChI is InChI=1S/C14H19N5O/c1-10-7-16-13(11-3-4-11)19(10)6-5-15-14(20)12-8-17-18(2)9-12/h7-9,11H,3-6H2,1-2H3,(H,15,20). The Morgan fingerprint density at radius 1 is 1.45 bits per heavy atom. The minimum atomic E-state index is -0.0798. The van der Waals surface area contributed by atoms with Crippen LogP contribution in [0.2, 0.25) is 0 Å². The van der Waals surface area contributed by atoms with Crippen molar-refractivity contribution in [3.8, 4) is 0 Å². The molecule has 2 aromatic heterocycles. The van der Waals surface area contributed by atoms with E-state index in [2.05, 4.69) is 26.9 Å². The van der Waals surface area contributed by atoms with Crippen molar-refractivity contribution in [1.82, 2.24) is 24.6 Å². The van der Waals surface area contributed by atoms with Crippen LogP contribution in [0.5, 0.6) is 0 Å². The van der Waals surface area contributed by atoms with Crippen molar-refractivity contribution in [3.05, 3.63) is 35.7 Å². The molecule has 1 aliphatic rings. The van der Waals surface area contributed by atoms with E-state index in [4.69, 9.17) is 0 Å². The maximum atomic E-state index is 11.9. The lowest BCUT2D eigenvalue weighted by molar-refractivity contribution is 0.0952. The summed E-state index contributed by atoms with van der Waals surface area (Å²) in [6, 6.07) is 0. The van der Waals surface area contributed by atoms with Crippen molar-refractivity contribution in [2.24, 2.45) is 7.05 Å². The van der Waals surface area contributed by atoms with Crippen LogP contribution in [0.1, 0.15) is 40.6 Å². The van der Waals surface area contributed by atoms with Crippen LogP contribution in [-0.4, -0.2) is 31.8 Å². The third-order valence-corrected chi connectivity index (χ3v) is 3.62. The molecule has 20 heavy (non-hydrogen) atoms. The number of carbonyl (C=O) groups excluding carboxylic acids is 1. The van der Waals surface area contributed by atoms with Crippen LogP contribution in [0.4, 0.5) is 0 Å². The maximum Gasteiger partial charge on any atom is 0.254 e. The van der Waals surface area contributed by atoms with Crippen LogP contribution in [0.3, 0.4) is 0 Å². The number of aryl methyl sites for hydroxylation is 2. The second-order valence-electron chi connectivity index (χ2n) is 5.34. The highest BCUT2D eigenvalue weighted by molar-refractivity contribution is 5.93. The van der Waals surface area contributed by atoms with Gasteiger partial charge in [-0.05, 0) is 19.8 Å². The summed E-state index contributed by atoms with van der Waals surface area (Å²) in [5.41, 5.74) is 1.75. The second kappa shape index (κ2) is 5.11. The molecule has 0 radical (unpaired) electrons. The summed E-state index contributed by atoms with van der Waals surface area (Å²) in [5.74, 6) is 1.71. The predicted molar refractivity (Wildman–Crippen MR) is 74.5 cm³/mol. The zero-order chi connectivity index (χ0) is 14.1. The molecular formula is C14H19N5O. The van der Waals surface area contributed by atoms with Crippen LogP contribution in [0.25, 0.3) is 0 Å². The molecule has 106 valence electrons. The molecule has 0 saturated heterocycles. The number of hydrogen-bond donors (Lipinski definition) is 1. The van der Waals surface area contributed by atoms with E-state index in [0.29, 0.717) is 18.0 Å². The molecule has 0 bridgehead atoms. The van der Waals surface area contributed by atoms with Crippen molar-refractivity contribution < 1.29 is 4.79 Å². The van der Waals surface area contributed by atoms with Gasteiger partial charge in [-0.15, -0.1) is 0 Å². The first-order valence-corrected chi connectivity index (χ1v) is 6.94. The normalized spacial score (nSPS) is 14.5. The monoisotopic (exact) mass is 273 g/mol. The fourth-order valence-corrected chi connectivity index (χ4v) is 2.36. The van der Waals surface area contributed by atoms with Crippen molar-refractivity contribution in [2.75, 3.05) is 6.54 Å². The summed E-state index contributed by atoms with van der Waals surface area (Å²) < 4.78 is 3.83. The Kier molecular flexibility index (Phi) is 3.30. The van der Waals surface area contributed by atoms with Gasteiger partial charge in [-0.2, -0.15) is 5.10 Å². The lowest BCUT2D eigenvalue weighted by Crippen LogP contribution is -2.27. The molecule has 0 atom stereocenters. The summed E-state index contributed by atoms with van der Waals surface area (Å²) >= 11 is 0. The number of amides is 1. The molecule has 3 rings (SSSR count). The molecule has 1 N–H and O–H groups in total. The van der Waals surface area contributed by atoms with E-state index in [1.54, 1.807) is 24.1 Å².